The predicted octanol–water partition coefficient (Wildman–Crippen LogP) is 4.58. The van der Waals surface area contributed by atoms with Gasteiger partial charge in [0.1, 0.15) is 10.9 Å². The molecule has 7 nitrogen and oxygen atoms in total. The largest absolute Gasteiger partial charge is 0.462 e. The maximum absolute atomic E-state index is 13.1. The van der Waals surface area contributed by atoms with Crippen LogP contribution in [0.2, 0.25) is 5.02 Å². The second kappa shape index (κ2) is 9.40. The molecule has 0 bridgehead atoms. The Hall–Kier alpha value is -2.71. The molecule has 2 aromatic heterocycles. The van der Waals surface area contributed by atoms with Gasteiger partial charge in [0, 0.05) is 16.1 Å². The molecule has 0 radical (unpaired) electrons. The third-order valence-corrected chi connectivity index (χ3v) is 6.09. The number of nitrogens with one attached hydrogen (secondary N) is 1. The lowest BCUT2D eigenvalue weighted by atomic mass is 10.2. The molecular formula is C21H22ClN3O4S. The zero-order chi connectivity index (χ0) is 21.8. The van der Waals surface area contributed by atoms with Crippen LogP contribution in [0.4, 0.5) is 5.69 Å². The van der Waals surface area contributed by atoms with E-state index in [2.05, 4.69) is 10.3 Å². The highest BCUT2D eigenvalue weighted by molar-refractivity contribution is 7.17. The van der Waals surface area contributed by atoms with Gasteiger partial charge in [0.25, 0.3) is 5.56 Å². The second-order valence-corrected chi connectivity index (χ2v) is 8.12. The first-order valence-corrected chi connectivity index (χ1v) is 10.8. The summed E-state index contributed by atoms with van der Waals surface area (Å²) in [6.07, 6.45) is 2.96. The van der Waals surface area contributed by atoms with Crippen LogP contribution in [0, 0.1) is 6.92 Å². The lowest BCUT2D eigenvalue weighted by Gasteiger charge is -2.16. The Balaban J connectivity index is 1.90. The number of ether oxygens (including phenoxy) is 1. The quantitative estimate of drug-likeness (QED) is 0.423. The third kappa shape index (κ3) is 4.39. The van der Waals surface area contributed by atoms with Crippen LogP contribution in [-0.4, -0.2) is 28.0 Å². The van der Waals surface area contributed by atoms with Gasteiger partial charge in [-0.25, -0.2) is 9.78 Å². The summed E-state index contributed by atoms with van der Waals surface area (Å²) in [5, 5.41) is 5.06. The number of halogens is 1. The molecule has 3 rings (SSSR count). The summed E-state index contributed by atoms with van der Waals surface area (Å²) in [5.41, 5.74) is 1.01. The molecule has 30 heavy (non-hydrogen) atoms. The number of hydrogen-bond donors (Lipinski definition) is 1. The molecule has 0 spiro atoms. The number of benzene rings is 1. The van der Waals surface area contributed by atoms with Gasteiger partial charge in [0.2, 0.25) is 5.91 Å². The molecular weight excluding hydrogens is 426 g/mol. The van der Waals surface area contributed by atoms with Gasteiger partial charge < -0.3 is 10.1 Å². The number of thiophene rings is 1. The number of fused-ring (bicyclic) bond motifs is 1. The molecule has 158 valence electrons. The smallest absolute Gasteiger partial charge is 0.339 e. The Morgan fingerprint density at radius 2 is 2.13 bits per heavy atom. The van der Waals surface area contributed by atoms with Crippen molar-refractivity contribution in [3.63, 3.8) is 0 Å². The summed E-state index contributed by atoms with van der Waals surface area (Å²) in [5.74, 6) is -0.955. The number of esters is 1. The minimum atomic E-state index is -0.850. The molecule has 1 unspecified atom stereocenters. The van der Waals surface area contributed by atoms with Crippen molar-refractivity contribution in [2.75, 3.05) is 11.9 Å². The van der Waals surface area contributed by atoms with E-state index < -0.39 is 23.5 Å². The molecule has 0 fully saturated rings. The average molecular weight is 448 g/mol. The first kappa shape index (κ1) is 22.0. The van der Waals surface area contributed by atoms with Gasteiger partial charge in [-0.3, -0.25) is 14.2 Å². The summed E-state index contributed by atoms with van der Waals surface area (Å²) < 4.78 is 6.46. The highest BCUT2D eigenvalue weighted by Gasteiger charge is 2.23. The Morgan fingerprint density at radius 3 is 2.87 bits per heavy atom. The minimum Gasteiger partial charge on any atom is -0.462 e. The monoisotopic (exact) mass is 447 g/mol. The van der Waals surface area contributed by atoms with E-state index in [0.717, 1.165) is 18.4 Å². The van der Waals surface area contributed by atoms with Gasteiger partial charge in [0.15, 0.2) is 0 Å². The Morgan fingerprint density at radius 1 is 1.37 bits per heavy atom. The molecule has 1 N–H and O–H groups in total. The summed E-state index contributed by atoms with van der Waals surface area (Å²) >= 11 is 7.30. The molecule has 0 saturated heterocycles. The van der Waals surface area contributed by atoms with Crippen molar-refractivity contribution in [3.05, 3.63) is 56.4 Å². The lowest BCUT2D eigenvalue weighted by Crippen LogP contribution is -2.32. The van der Waals surface area contributed by atoms with E-state index in [1.165, 1.54) is 22.2 Å². The topological polar surface area (TPSA) is 90.3 Å². The number of nitrogens with zero attached hydrogens (tertiary/aromatic N) is 2. The highest BCUT2D eigenvalue weighted by Crippen LogP contribution is 2.25. The first-order chi connectivity index (χ1) is 14.3. The van der Waals surface area contributed by atoms with Crippen molar-refractivity contribution in [1.82, 2.24) is 9.55 Å². The molecule has 1 amide bonds. The molecule has 0 aliphatic rings. The van der Waals surface area contributed by atoms with Gasteiger partial charge in [-0.15, -0.1) is 11.3 Å². The number of hydrogen-bond acceptors (Lipinski definition) is 6. The summed E-state index contributed by atoms with van der Waals surface area (Å²) in [6.45, 7) is 5.67. The lowest BCUT2D eigenvalue weighted by molar-refractivity contribution is -0.118. The van der Waals surface area contributed by atoms with Gasteiger partial charge in [-0.05, 0) is 38.0 Å². The Labute approximate surface area is 182 Å². The highest BCUT2D eigenvalue weighted by atomic mass is 35.5. The van der Waals surface area contributed by atoms with Crippen LogP contribution in [0.1, 0.15) is 48.7 Å². The Bertz CT molecular complexity index is 1150. The maximum atomic E-state index is 13.1. The zero-order valence-corrected chi connectivity index (χ0v) is 18.5. The molecule has 1 aromatic carbocycles. The van der Waals surface area contributed by atoms with Crippen LogP contribution in [0.3, 0.4) is 0 Å². The van der Waals surface area contributed by atoms with E-state index >= 15 is 0 Å². The van der Waals surface area contributed by atoms with Crippen LogP contribution >= 0.6 is 22.9 Å². The molecule has 9 heteroatoms. The van der Waals surface area contributed by atoms with Crippen LogP contribution in [0.25, 0.3) is 10.2 Å². The molecule has 0 aliphatic heterocycles. The van der Waals surface area contributed by atoms with Crippen molar-refractivity contribution in [1.29, 1.82) is 0 Å². The van der Waals surface area contributed by atoms with Crippen LogP contribution in [0.5, 0.6) is 0 Å². The second-order valence-electron chi connectivity index (χ2n) is 6.85. The fraction of sp³-hybridized carbons (Fsp3) is 0.333. The number of aromatic nitrogens is 2. The first-order valence-electron chi connectivity index (χ1n) is 9.56. The number of anilines is 1. The van der Waals surface area contributed by atoms with E-state index in [1.807, 2.05) is 6.92 Å². The fourth-order valence-electron chi connectivity index (χ4n) is 2.87. The van der Waals surface area contributed by atoms with E-state index in [1.54, 1.807) is 37.4 Å². The standard InChI is InChI=1S/C21H22ClN3O4S/c1-4-5-9-29-21(28)14-10-30-19-17(14)20(27)25(11-23-19)13(3)18(26)24-16-8-6-7-15(22)12(16)2/h6-8,10-11,13H,4-5,9H2,1-3H3,(H,24,26). The normalized spacial score (nSPS) is 12.0. The average Bonchev–Trinajstić information content (AvgIpc) is 3.16. The molecule has 0 saturated carbocycles. The van der Waals surface area contributed by atoms with Gasteiger partial charge >= 0.3 is 5.97 Å². The summed E-state index contributed by atoms with van der Waals surface area (Å²) in [4.78, 5) is 42.9. The van der Waals surface area contributed by atoms with Crippen molar-refractivity contribution >= 4 is 50.7 Å². The number of unbranched alkanes of at least 4 members (excludes halogenated alkanes) is 1. The minimum absolute atomic E-state index is 0.169. The van der Waals surface area contributed by atoms with Gasteiger partial charge in [-0.2, -0.15) is 0 Å². The molecule has 1 atom stereocenters. The van der Waals surface area contributed by atoms with Gasteiger partial charge in [0.05, 0.1) is 23.9 Å². The maximum Gasteiger partial charge on any atom is 0.339 e. The van der Waals surface area contributed by atoms with Crippen molar-refractivity contribution in [2.45, 2.75) is 39.7 Å². The number of amides is 1. The molecule has 0 aliphatic carbocycles. The van der Waals surface area contributed by atoms with Crippen molar-refractivity contribution in [2.24, 2.45) is 0 Å². The molecule has 2 heterocycles. The molecule has 3 aromatic rings. The van der Waals surface area contributed by atoms with Crippen molar-refractivity contribution < 1.29 is 14.3 Å². The number of carbonyl (C=O) groups is 2. The van der Waals surface area contributed by atoms with Crippen LogP contribution < -0.4 is 10.9 Å². The Kier molecular flexibility index (Phi) is 6.89. The van der Waals surface area contributed by atoms with Crippen LogP contribution in [-0.2, 0) is 9.53 Å². The third-order valence-electron chi connectivity index (χ3n) is 4.79. The number of rotatable bonds is 7. The SMILES string of the molecule is CCCCOC(=O)c1csc2ncn(C(C)C(=O)Nc3cccc(Cl)c3C)c(=O)c12. The fourth-order valence-corrected chi connectivity index (χ4v) is 3.91. The predicted molar refractivity (Wildman–Crippen MR) is 119 cm³/mol. The van der Waals surface area contributed by atoms with E-state index in [4.69, 9.17) is 16.3 Å². The summed E-state index contributed by atoms with van der Waals surface area (Å²) in [6, 6.07) is 4.35. The summed E-state index contributed by atoms with van der Waals surface area (Å²) in [7, 11) is 0. The zero-order valence-electron chi connectivity index (χ0n) is 16.9. The van der Waals surface area contributed by atoms with Crippen molar-refractivity contribution in [3.8, 4) is 0 Å². The van der Waals surface area contributed by atoms with E-state index in [9.17, 15) is 14.4 Å². The number of carbonyl (C=O) groups excluding carboxylic acids is 2. The van der Waals surface area contributed by atoms with E-state index in [0.29, 0.717) is 22.1 Å². The van der Waals surface area contributed by atoms with E-state index in [-0.39, 0.29) is 10.9 Å². The van der Waals surface area contributed by atoms with Gasteiger partial charge in [-0.1, -0.05) is 31.0 Å². The van der Waals surface area contributed by atoms with Crippen LogP contribution in [0.15, 0.2) is 34.7 Å².